The molecule has 0 bridgehead atoms. The van der Waals surface area contributed by atoms with E-state index < -0.39 is 11.3 Å². The van der Waals surface area contributed by atoms with Gasteiger partial charge in [0.1, 0.15) is 11.5 Å². The van der Waals surface area contributed by atoms with E-state index in [1.807, 2.05) is 50.2 Å². The predicted molar refractivity (Wildman–Crippen MR) is 111 cm³/mol. The van der Waals surface area contributed by atoms with Gasteiger partial charge in [0.05, 0.1) is 0 Å². The predicted octanol–water partition coefficient (Wildman–Crippen LogP) is 2.88. The molecule has 1 saturated heterocycles. The van der Waals surface area contributed by atoms with Crippen molar-refractivity contribution in [1.82, 2.24) is 15.1 Å². The van der Waals surface area contributed by atoms with Gasteiger partial charge < -0.3 is 10.3 Å². The van der Waals surface area contributed by atoms with Crippen LogP contribution in [0, 0.1) is 0 Å². The van der Waals surface area contributed by atoms with Crippen molar-refractivity contribution >= 4 is 17.6 Å². The van der Waals surface area contributed by atoms with Gasteiger partial charge in [0.2, 0.25) is 17.6 Å². The molecule has 3 aromatic rings. The first-order chi connectivity index (χ1) is 14.3. The monoisotopic (exact) mass is 405 g/mol. The third-order valence-electron chi connectivity index (χ3n) is 5.29. The van der Waals surface area contributed by atoms with E-state index in [1.165, 1.54) is 0 Å². The molecule has 0 saturated carbocycles. The van der Waals surface area contributed by atoms with E-state index in [4.69, 9.17) is 10.3 Å². The molecule has 0 spiro atoms. The Hall–Kier alpha value is -3.55. The maximum absolute atomic E-state index is 12.2. The van der Waals surface area contributed by atoms with Crippen molar-refractivity contribution in [3.8, 4) is 11.4 Å². The molecule has 0 aliphatic carbocycles. The first-order valence-electron chi connectivity index (χ1n) is 9.85. The molecule has 1 fully saturated rings. The van der Waals surface area contributed by atoms with Crippen LogP contribution in [0.3, 0.4) is 0 Å². The Morgan fingerprint density at radius 3 is 2.60 bits per heavy atom. The minimum atomic E-state index is -0.637. The molecule has 3 heterocycles. The maximum atomic E-state index is 12.2. The number of nitrogens with two attached hydrogens (primary N) is 1. The smallest absolute Gasteiger partial charge is 0.267 e. The molecule has 2 amide bonds. The molecule has 2 N–H and O–H groups in total. The number of amides is 2. The lowest BCUT2D eigenvalue weighted by molar-refractivity contribution is -0.117. The zero-order valence-electron chi connectivity index (χ0n) is 17.0. The number of aromatic nitrogens is 3. The number of nitrogens with zero attached hydrogens (tertiary/aromatic N) is 4. The van der Waals surface area contributed by atoms with Crippen LogP contribution in [0.25, 0.3) is 11.4 Å². The fraction of sp³-hybridized carbons (Fsp3) is 0.318. The van der Waals surface area contributed by atoms with Crippen LogP contribution >= 0.6 is 0 Å². The van der Waals surface area contributed by atoms with Gasteiger partial charge in [-0.05, 0) is 18.1 Å². The Kier molecular flexibility index (Phi) is 5.07. The van der Waals surface area contributed by atoms with E-state index >= 15 is 0 Å². The number of rotatable bonds is 6. The van der Waals surface area contributed by atoms with Gasteiger partial charge in [0.15, 0.2) is 0 Å². The number of pyridine rings is 1. The molecule has 0 radical (unpaired) electrons. The fourth-order valence-electron chi connectivity index (χ4n) is 3.73. The molecule has 30 heavy (non-hydrogen) atoms. The highest BCUT2D eigenvalue weighted by Gasteiger charge is 2.31. The fourth-order valence-corrected chi connectivity index (χ4v) is 3.73. The van der Waals surface area contributed by atoms with Gasteiger partial charge in [-0.3, -0.25) is 14.5 Å². The number of benzene rings is 1. The zero-order chi connectivity index (χ0) is 21.3. The summed E-state index contributed by atoms with van der Waals surface area (Å²) in [5.74, 6) is 0.784. The van der Waals surface area contributed by atoms with Gasteiger partial charge in [-0.2, -0.15) is 4.98 Å². The van der Waals surface area contributed by atoms with Crippen LogP contribution in [0.15, 0.2) is 47.0 Å². The van der Waals surface area contributed by atoms with Crippen LogP contribution in [0.4, 0.5) is 5.82 Å². The van der Waals surface area contributed by atoms with Crippen molar-refractivity contribution in [2.24, 2.45) is 5.73 Å². The summed E-state index contributed by atoms with van der Waals surface area (Å²) in [5.41, 5.74) is 6.77. The van der Waals surface area contributed by atoms with Gasteiger partial charge in [0.25, 0.3) is 5.91 Å². The Labute approximate surface area is 174 Å². The molecule has 0 unspecified atom stereocenters. The SMILES string of the molecule is CC(C)(Cc1nc(-c2ccccc2)no1)c1ccc(N2CCCC2=O)nc1C(N)=O. The molecule has 8 nitrogen and oxygen atoms in total. The third-order valence-corrected chi connectivity index (χ3v) is 5.29. The largest absolute Gasteiger partial charge is 0.364 e. The van der Waals surface area contributed by atoms with E-state index in [2.05, 4.69) is 15.1 Å². The van der Waals surface area contributed by atoms with Crippen molar-refractivity contribution in [1.29, 1.82) is 0 Å². The first-order valence-corrected chi connectivity index (χ1v) is 9.85. The summed E-state index contributed by atoms with van der Waals surface area (Å²) >= 11 is 0. The average molecular weight is 405 g/mol. The summed E-state index contributed by atoms with van der Waals surface area (Å²) < 4.78 is 5.45. The molecular weight excluding hydrogens is 382 g/mol. The molecule has 154 valence electrons. The van der Waals surface area contributed by atoms with Crippen LogP contribution < -0.4 is 10.6 Å². The van der Waals surface area contributed by atoms with Crippen molar-refractivity contribution in [2.75, 3.05) is 11.4 Å². The Bertz CT molecular complexity index is 1090. The van der Waals surface area contributed by atoms with Crippen LogP contribution in [0.5, 0.6) is 0 Å². The van der Waals surface area contributed by atoms with Gasteiger partial charge in [-0.15, -0.1) is 0 Å². The van der Waals surface area contributed by atoms with E-state index in [-0.39, 0.29) is 11.6 Å². The molecule has 2 aromatic heterocycles. The minimum absolute atomic E-state index is 0.00392. The maximum Gasteiger partial charge on any atom is 0.267 e. The third kappa shape index (κ3) is 3.80. The standard InChI is InChI=1S/C22H23N5O3/c1-22(2,13-17-25-21(26-30-17)14-7-4-3-5-8-14)15-10-11-16(24-19(15)20(23)29)27-12-6-9-18(27)28/h3-5,7-8,10-11H,6,9,12-13H2,1-2H3,(H2,23,29). The van der Waals surface area contributed by atoms with Crippen LogP contribution in [0.2, 0.25) is 0 Å². The van der Waals surface area contributed by atoms with Crippen molar-refractivity contribution in [3.63, 3.8) is 0 Å². The summed E-state index contributed by atoms with van der Waals surface area (Å²) in [6.07, 6.45) is 1.67. The summed E-state index contributed by atoms with van der Waals surface area (Å²) in [5, 5.41) is 4.06. The van der Waals surface area contributed by atoms with Crippen molar-refractivity contribution in [2.45, 2.75) is 38.5 Å². The van der Waals surface area contributed by atoms with Gasteiger partial charge in [-0.25, -0.2) is 4.98 Å². The van der Waals surface area contributed by atoms with Crippen LogP contribution in [-0.4, -0.2) is 33.5 Å². The molecule has 1 aliphatic heterocycles. The molecule has 8 heteroatoms. The second kappa shape index (κ2) is 7.70. The van der Waals surface area contributed by atoms with E-state index in [0.717, 1.165) is 12.0 Å². The second-order valence-corrected chi connectivity index (χ2v) is 8.02. The number of carbonyl (C=O) groups excluding carboxylic acids is 2. The molecule has 0 atom stereocenters. The summed E-state index contributed by atoms with van der Waals surface area (Å²) in [7, 11) is 0. The highest BCUT2D eigenvalue weighted by molar-refractivity contribution is 5.96. The van der Waals surface area contributed by atoms with E-state index in [1.54, 1.807) is 11.0 Å². The zero-order valence-corrected chi connectivity index (χ0v) is 17.0. The summed E-state index contributed by atoms with van der Waals surface area (Å²) in [6, 6.07) is 13.1. The topological polar surface area (TPSA) is 115 Å². The van der Waals surface area contributed by atoms with E-state index in [0.29, 0.717) is 42.5 Å². The number of primary amides is 1. The lowest BCUT2D eigenvalue weighted by atomic mass is 9.80. The van der Waals surface area contributed by atoms with Gasteiger partial charge in [-0.1, -0.05) is 55.4 Å². The average Bonchev–Trinajstić information content (AvgIpc) is 3.37. The lowest BCUT2D eigenvalue weighted by Gasteiger charge is -2.26. The molecular formula is C22H23N5O3. The summed E-state index contributed by atoms with van der Waals surface area (Å²) in [6.45, 7) is 4.52. The highest BCUT2D eigenvalue weighted by Crippen LogP contribution is 2.32. The molecule has 4 rings (SSSR count). The second-order valence-electron chi connectivity index (χ2n) is 8.02. The lowest BCUT2D eigenvalue weighted by Crippen LogP contribution is -2.30. The van der Waals surface area contributed by atoms with Gasteiger partial charge in [0, 0.05) is 30.4 Å². The van der Waals surface area contributed by atoms with Crippen LogP contribution in [0.1, 0.15) is 48.6 Å². The Balaban J connectivity index is 1.63. The summed E-state index contributed by atoms with van der Waals surface area (Å²) in [4.78, 5) is 34.7. The molecule has 1 aromatic carbocycles. The Morgan fingerprint density at radius 1 is 1.17 bits per heavy atom. The first kappa shape index (κ1) is 19.8. The number of hydrogen-bond acceptors (Lipinski definition) is 6. The van der Waals surface area contributed by atoms with Crippen LogP contribution in [-0.2, 0) is 16.6 Å². The van der Waals surface area contributed by atoms with Crippen molar-refractivity contribution in [3.05, 3.63) is 59.6 Å². The highest BCUT2D eigenvalue weighted by atomic mass is 16.5. The number of carbonyl (C=O) groups is 2. The Morgan fingerprint density at radius 2 is 1.93 bits per heavy atom. The van der Waals surface area contributed by atoms with Gasteiger partial charge >= 0.3 is 0 Å². The minimum Gasteiger partial charge on any atom is -0.364 e. The number of anilines is 1. The normalized spacial score (nSPS) is 14.3. The van der Waals surface area contributed by atoms with E-state index in [9.17, 15) is 9.59 Å². The van der Waals surface area contributed by atoms with Crippen molar-refractivity contribution < 1.29 is 14.1 Å². The number of hydrogen-bond donors (Lipinski definition) is 1. The quantitative estimate of drug-likeness (QED) is 0.674. The molecule has 1 aliphatic rings.